The van der Waals surface area contributed by atoms with Crippen LogP contribution in [0.1, 0.15) is 18.5 Å². The molecule has 1 aromatic carbocycles. The van der Waals surface area contributed by atoms with Crippen LogP contribution in [0.25, 0.3) is 0 Å². The summed E-state index contributed by atoms with van der Waals surface area (Å²) < 4.78 is 13.5. The molecule has 96 valence electrons. The van der Waals surface area contributed by atoms with Crippen LogP contribution in [-0.4, -0.2) is 12.3 Å². The molecule has 2 aromatic rings. The third kappa shape index (κ3) is 3.57. The van der Waals surface area contributed by atoms with Crippen LogP contribution in [0.3, 0.4) is 0 Å². The molecule has 1 N–H and O–H groups in total. The Morgan fingerprint density at radius 1 is 1.33 bits per heavy atom. The minimum Gasteiger partial charge on any atom is -0.309 e. The summed E-state index contributed by atoms with van der Waals surface area (Å²) in [4.78, 5) is 0.718. The van der Waals surface area contributed by atoms with E-state index in [9.17, 15) is 4.39 Å². The molecule has 4 heteroatoms. The predicted molar refractivity (Wildman–Crippen MR) is 77.9 cm³/mol. The largest absolute Gasteiger partial charge is 0.309 e. The van der Waals surface area contributed by atoms with Gasteiger partial charge in [0.05, 0.1) is 0 Å². The molecular formula is C14H16FNS2. The van der Waals surface area contributed by atoms with Gasteiger partial charge in [-0.3, -0.25) is 0 Å². The van der Waals surface area contributed by atoms with Crippen molar-refractivity contribution in [3.8, 4) is 0 Å². The normalized spacial score (nSPS) is 12.6. The summed E-state index contributed by atoms with van der Waals surface area (Å²) in [5, 5.41) is 7.66. The Bertz CT molecular complexity index is 470. The second-order valence-electron chi connectivity index (χ2n) is 3.91. The third-order valence-electron chi connectivity index (χ3n) is 2.64. The highest BCUT2D eigenvalue weighted by Crippen LogP contribution is 2.27. The number of nitrogens with one attached hydrogen (secondary N) is 1. The van der Waals surface area contributed by atoms with Crippen molar-refractivity contribution in [2.45, 2.75) is 17.9 Å². The first-order valence-corrected chi connectivity index (χ1v) is 7.87. The van der Waals surface area contributed by atoms with Gasteiger partial charge in [-0.15, -0.1) is 11.8 Å². The second kappa shape index (κ2) is 6.92. The standard InChI is InChI=1S/C14H16FNS2/c1-2-16-13(11-7-8-17-9-11)10-18-14-6-4-3-5-12(14)15/h3-9,13,16H,2,10H2,1H3. The molecule has 0 spiro atoms. The first kappa shape index (κ1) is 13.6. The van der Waals surface area contributed by atoms with Crippen LogP contribution in [-0.2, 0) is 0 Å². The molecule has 0 aliphatic rings. The number of thiophene rings is 1. The summed E-state index contributed by atoms with van der Waals surface area (Å²) in [5.74, 6) is 0.703. The van der Waals surface area contributed by atoms with Gasteiger partial charge in [-0.1, -0.05) is 19.1 Å². The van der Waals surface area contributed by atoms with Crippen LogP contribution in [0.5, 0.6) is 0 Å². The molecule has 18 heavy (non-hydrogen) atoms. The molecule has 0 bridgehead atoms. The quantitative estimate of drug-likeness (QED) is 0.791. The Labute approximate surface area is 115 Å². The van der Waals surface area contributed by atoms with E-state index in [1.165, 1.54) is 11.6 Å². The lowest BCUT2D eigenvalue weighted by molar-refractivity contribution is 0.596. The summed E-state index contributed by atoms with van der Waals surface area (Å²) in [6, 6.07) is 9.34. The Morgan fingerprint density at radius 2 is 2.17 bits per heavy atom. The van der Waals surface area contributed by atoms with E-state index < -0.39 is 0 Å². The molecule has 0 aliphatic heterocycles. The van der Waals surface area contributed by atoms with Crippen molar-refractivity contribution in [3.05, 3.63) is 52.5 Å². The molecule has 1 heterocycles. The van der Waals surface area contributed by atoms with Crippen molar-refractivity contribution in [1.29, 1.82) is 0 Å². The Morgan fingerprint density at radius 3 is 2.83 bits per heavy atom. The molecule has 0 saturated carbocycles. The van der Waals surface area contributed by atoms with E-state index in [-0.39, 0.29) is 11.9 Å². The fraction of sp³-hybridized carbons (Fsp3) is 0.286. The average molecular weight is 281 g/mol. The predicted octanol–water partition coefficient (Wildman–Crippen LogP) is 4.33. The molecule has 0 fully saturated rings. The van der Waals surface area contributed by atoms with Gasteiger partial charge in [0.2, 0.25) is 0 Å². The molecule has 0 radical (unpaired) electrons. The summed E-state index contributed by atoms with van der Waals surface area (Å²) in [5.41, 5.74) is 1.28. The summed E-state index contributed by atoms with van der Waals surface area (Å²) in [7, 11) is 0. The van der Waals surface area contributed by atoms with E-state index >= 15 is 0 Å². The van der Waals surface area contributed by atoms with Gasteiger partial charge in [-0.25, -0.2) is 4.39 Å². The van der Waals surface area contributed by atoms with Crippen LogP contribution in [0.4, 0.5) is 4.39 Å². The fourth-order valence-corrected chi connectivity index (χ4v) is 3.48. The maximum absolute atomic E-state index is 13.5. The van der Waals surface area contributed by atoms with Gasteiger partial charge in [-0.05, 0) is 41.1 Å². The molecule has 1 nitrogen and oxygen atoms in total. The van der Waals surface area contributed by atoms with Crippen LogP contribution < -0.4 is 5.32 Å². The van der Waals surface area contributed by atoms with Gasteiger partial charge >= 0.3 is 0 Å². The zero-order chi connectivity index (χ0) is 12.8. The minimum absolute atomic E-state index is 0.136. The topological polar surface area (TPSA) is 12.0 Å². The lowest BCUT2D eigenvalue weighted by atomic mass is 10.2. The summed E-state index contributed by atoms with van der Waals surface area (Å²) >= 11 is 3.26. The van der Waals surface area contributed by atoms with E-state index in [4.69, 9.17) is 0 Å². The number of benzene rings is 1. The number of rotatable bonds is 6. The first-order chi connectivity index (χ1) is 8.81. The van der Waals surface area contributed by atoms with E-state index in [1.807, 2.05) is 12.1 Å². The van der Waals surface area contributed by atoms with E-state index in [1.54, 1.807) is 29.2 Å². The van der Waals surface area contributed by atoms with Crippen LogP contribution in [0, 0.1) is 5.82 Å². The number of thioether (sulfide) groups is 1. The van der Waals surface area contributed by atoms with E-state index in [2.05, 4.69) is 29.1 Å². The second-order valence-corrected chi connectivity index (χ2v) is 5.75. The lowest BCUT2D eigenvalue weighted by Crippen LogP contribution is -2.22. The van der Waals surface area contributed by atoms with Crippen molar-refractivity contribution in [3.63, 3.8) is 0 Å². The Balaban J connectivity index is 2.00. The highest BCUT2D eigenvalue weighted by Gasteiger charge is 2.12. The molecule has 1 aromatic heterocycles. The highest BCUT2D eigenvalue weighted by atomic mass is 32.2. The van der Waals surface area contributed by atoms with Crippen molar-refractivity contribution in [1.82, 2.24) is 5.32 Å². The molecule has 0 amide bonds. The van der Waals surface area contributed by atoms with Crippen molar-refractivity contribution >= 4 is 23.1 Å². The number of hydrogen-bond acceptors (Lipinski definition) is 3. The molecule has 0 aliphatic carbocycles. The SMILES string of the molecule is CCNC(CSc1ccccc1F)c1ccsc1. The third-order valence-corrected chi connectivity index (χ3v) is 4.48. The Kier molecular flexibility index (Phi) is 5.23. The van der Waals surface area contributed by atoms with Crippen LogP contribution >= 0.6 is 23.1 Å². The molecule has 1 atom stereocenters. The lowest BCUT2D eigenvalue weighted by Gasteiger charge is -2.16. The molecule has 2 rings (SSSR count). The molecular weight excluding hydrogens is 265 g/mol. The van der Waals surface area contributed by atoms with Crippen LogP contribution in [0.2, 0.25) is 0 Å². The monoisotopic (exact) mass is 281 g/mol. The van der Waals surface area contributed by atoms with Crippen LogP contribution in [0.15, 0.2) is 46.0 Å². The van der Waals surface area contributed by atoms with E-state index in [0.717, 1.165) is 17.2 Å². The van der Waals surface area contributed by atoms with Gasteiger partial charge in [0.15, 0.2) is 0 Å². The van der Waals surface area contributed by atoms with Gasteiger partial charge in [0.25, 0.3) is 0 Å². The number of hydrogen-bond donors (Lipinski definition) is 1. The summed E-state index contributed by atoms with van der Waals surface area (Å²) in [6.45, 7) is 3.01. The van der Waals surface area contributed by atoms with Gasteiger partial charge in [0, 0.05) is 16.7 Å². The van der Waals surface area contributed by atoms with Crippen molar-refractivity contribution in [2.75, 3.05) is 12.3 Å². The smallest absolute Gasteiger partial charge is 0.136 e. The van der Waals surface area contributed by atoms with Crippen molar-refractivity contribution in [2.24, 2.45) is 0 Å². The van der Waals surface area contributed by atoms with E-state index in [0.29, 0.717) is 0 Å². The Hall–Kier alpha value is -0.840. The maximum atomic E-state index is 13.5. The minimum atomic E-state index is -0.136. The summed E-state index contributed by atoms with van der Waals surface area (Å²) in [6.07, 6.45) is 0. The zero-order valence-corrected chi connectivity index (χ0v) is 11.9. The van der Waals surface area contributed by atoms with Gasteiger partial charge in [0.1, 0.15) is 5.82 Å². The first-order valence-electron chi connectivity index (χ1n) is 5.94. The number of halogens is 1. The zero-order valence-electron chi connectivity index (χ0n) is 10.2. The molecule has 0 saturated heterocycles. The maximum Gasteiger partial charge on any atom is 0.136 e. The highest BCUT2D eigenvalue weighted by molar-refractivity contribution is 7.99. The average Bonchev–Trinajstić information content (AvgIpc) is 2.90. The van der Waals surface area contributed by atoms with Gasteiger partial charge < -0.3 is 5.32 Å². The van der Waals surface area contributed by atoms with Crippen molar-refractivity contribution < 1.29 is 4.39 Å². The fourth-order valence-electron chi connectivity index (χ4n) is 1.73. The van der Waals surface area contributed by atoms with Gasteiger partial charge in [-0.2, -0.15) is 11.3 Å². The molecule has 1 unspecified atom stereocenters.